The molecule has 0 atom stereocenters. The second-order valence-corrected chi connectivity index (χ2v) is 8.21. The van der Waals surface area contributed by atoms with Gasteiger partial charge in [-0.2, -0.15) is 0 Å². The Hall–Kier alpha value is -3.88. The van der Waals surface area contributed by atoms with Crippen LogP contribution in [0.1, 0.15) is 16.7 Å². The number of ether oxygens (including phenoxy) is 1. The van der Waals surface area contributed by atoms with Crippen LogP contribution >= 0.6 is 23.2 Å². The molecule has 8 nitrogen and oxygen atoms in total. The maximum atomic E-state index is 12.7. The highest BCUT2D eigenvalue weighted by Gasteiger charge is 2.33. The zero-order chi connectivity index (χ0) is 24.2. The molecule has 1 N–H and O–H groups in total. The third kappa shape index (κ3) is 5.19. The number of imide groups is 1. The minimum Gasteiger partial charge on any atom is -0.486 e. The van der Waals surface area contributed by atoms with Gasteiger partial charge in [0.05, 0.1) is 21.5 Å². The van der Waals surface area contributed by atoms with Gasteiger partial charge in [-0.1, -0.05) is 65.7 Å². The normalized spacial score (nSPS) is 14.4. The standard InChI is InChI=1S/C24H17Cl2N3O5/c25-19-10-17(11-20(26)22(19)34-14-16-7-4-8-18(9-16)29(32)33)12-21-23(30)28(24(31)27-21)13-15-5-2-1-3-6-15/h1-12H,13-14H2,(H,27,31)/b21-12+. The molecule has 1 aliphatic rings. The van der Waals surface area contributed by atoms with Crippen LogP contribution in [0.25, 0.3) is 6.08 Å². The van der Waals surface area contributed by atoms with Gasteiger partial charge in [0.1, 0.15) is 12.3 Å². The van der Waals surface area contributed by atoms with Gasteiger partial charge in [-0.3, -0.25) is 19.8 Å². The second kappa shape index (κ2) is 9.94. The molecule has 4 rings (SSSR count). The first kappa shape index (κ1) is 23.3. The van der Waals surface area contributed by atoms with Crippen molar-refractivity contribution >= 4 is 46.9 Å². The number of benzene rings is 3. The molecule has 1 aliphatic heterocycles. The number of carbonyl (C=O) groups excluding carboxylic acids is 2. The summed E-state index contributed by atoms with van der Waals surface area (Å²) in [6.07, 6.45) is 1.48. The SMILES string of the molecule is O=C1N/C(=C/c2cc(Cl)c(OCc3cccc([N+](=O)[O-])c3)c(Cl)c2)C(=O)N1Cc1ccccc1. The number of rotatable bonds is 7. The molecule has 0 unspecified atom stereocenters. The van der Waals surface area contributed by atoms with Gasteiger partial charge in [0.2, 0.25) is 0 Å². The van der Waals surface area contributed by atoms with E-state index in [1.807, 2.05) is 30.3 Å². The molecule has 1 heterocycles. The number of nitrogens with one attached hydrogen (secondary N) is 1. The van der Waals surface area contributed by atoms with Crippen LogP contribution in [0.3, 0.4) is 0 Å². The van der Waals surface area contributed by atoms with Gasteiger partial charge in [-0.25, -0.2) is 4.79 Å². The number of carbonyl (C=O) groups is 2. The minimum absolute atomic E-state index is 0.0184. The van der Waals surface area contributed by atoms with Gasteiger partial charge in [0.15, 0.2) is 5.75 Å². The summed E-state index contributed by atoms with van der Waals surface area (Å²) >= 11 is 12.7. The molecule has 0 radical (unpaired) electrons. The monoisotopic (exact) mass is 497 g/mol. The zero-order valence-electron chi connectivity index (χ0n) is 17.5. The van der Waals surface area contributed by atoms with Gasteiger partial charge in [0.25, 0.3) is 11.6 Å². The smallest absolute Gasteiger partial charge is 0.329 e. The van der Waals surface area contributed by atoms with Gasteiger partial charge >= 0.3 is 6.03 Å². The maximum absolute atomic E-state index is 12.7. The van der Waals surface area contributed by atoms with Crippen molar-refractivity contribution in [2.45, 2.75) is 13.2 Å². The van der Waals surface area contributed by atoms with E-state index < -0.39 is 16.9 Å². The predicted octanol–water partition coefficient (Wildman–Crippen LogP) is 5.57. The number of nitro benzene ring substituents is 1. The van der Waals surface area contributed by atoms with E-state index >= 15 is 0 Å². The Morgan fingerprint density at radius 2 is 1.65 bits per heavy atom. The number of halogens is 2. The number of nitro groups is 1. The van der Waals surface area contributed by atoms with Crippen molar-refractivity contribution in [3.05, 3.63) is 109 Å². The summed E-state index contributed by atoms with van der Waals surface area (Å²) in [6.45, 7) is 0.166. The van der Waals surface area contributed by atoms with Crippen LogP contribution in [0, 0.1) is 10.1 Å². The van der Waals surface area contributed by atoms with Gasteiger partial charge in [-0.15, -0.1) is 0 Å². The van der Waals surface area contributed by atoms with Crippen molar-refractivity contribution in [3.8, 4) is 5.75 Å². The molecule has 172 valence electrons. The lowest BCUT2D eigenvalue weighted by Crippen LogP contribution is -2.30. The third-order valence-electron chi connectivity index (χ3n) is 4.98. The van der Waals surface area contributed by atoms with E-state index in [-0.39, 0.29) is 40.3 Å². The first-order valence-corrected chi connectivity index (χ1v) is 10.8. The highest BCUT2D eigenvalue weighted by atomic mass is 35.5. The Labute approximate surface area is 204 Å². The van der Waals surface area contributed by atoms with E-state index in [2.05, 4.69) is 5.32 Å². The zero-order valence-corrected chi connectivity index (χ0v) is 19.0. The van der Waals surface area contributed by atoms with E-state index in [0.29, 0.717) is 11.1 Å². The lowest BCUT2D eigenvalue weighted by atomic mass is 10.1. The summed E-state index contributed by atoms with van der Waals surface area (Å²) in [6, 6.07) is 17.8. The first-order valence-electron chi connectivity index (χ1n) is 10.1. The van der Waals surface area contributed by atoms with Crippen LogP contribution < -0.4 is 10.1 Å². The number of urea groups is 1. The highest BCUT2D eigenvalue weighted by Crippen LogP contribution is 2.35. The van der Waals surface area contributed by atoms with Crippen LogP contribution in [0.15, 0.2) is 72.4 Å². The van der Waals surface area contributed by atoms with Crippen LogP contribution in [-0.2, 0) is 17.9 Å². The molecule has 0 aliphatic carbocycles. The number of hydrogen-bond donors (Lipinski definition) is 1. The summed E-state index contributed by atoms with van der Waals surface area (Å²) in [5.41, 5.74) is 1.93. The summed E-state index contributed by atoms with van der Waals surface area (Å²) in [7, 11) is 0. The van der Waals surface area contributed by atoms with Crippen molar-refractivity contribution in [3.63, 3.8) is 0 Å². The highest BCUT2D eigenvalue weighted by molar-refractivity contribution is 6.37. The number of amides is 3. The van der Waals surface area contributed by atoms with Crippen LogP contribution in [-0.4, -0.2) is 21.8 Å². The van der Waals surface area contributed by atoms with Crippen LogP contribution in [0.2, 0.25) is 10.0 Å². The molecule has 3 aromatic carbocycles. The van der Waals surface area contributed by atoms with E-state index in [1.165, 1.54) is 18.2 Å². The van der Waals surface area contributed by atoms with Gasteiger partial charge in [-0.05, 0) is 34.9 Å². The van der Waals surface area contributed by atoms with E-state index in [9.17, 15) is 19.7 Å². The molecule has 0 spiro atoms. The molecular formula is C24H17Cl2N3O5. The summed E-state index contributed by atoms with van der Waals surface area (Å²) in [4.78, 5) is 36.6. The number of nitrogens with zero attached hydrogens (tertiary/aromatic N) is 2. The average molecular weight is 498 g/mol. The predicted molar refractivity (Wildman–Crippen MR) is 127 cm³/mol. The van der Waals surface area contributed by atoms with Crippen LogP contribution in [0.5, 0.6) is 5.75 Å². The summed E-state index contributed by atoms with van der Waals surface area (Å²) < 4.78 is 5.68. The molecule has 0 saturated carbocycles. The van der Waals surface area contributed by atoms with E-state index in [1.54, 1.807) is 24.3 Å². The lowest BCUT2D eigenvalue weighted by molar-refractivity contribution is -0.384. The average Bonchev–Trinajstić information content (AvgIpc) is 3.06. The summed E-state index contributed by atoms with van der Waals surface area (Å²) in [5.74, 6) is -0.267. The summed E-state index contributed by atoms with van der Waals surface area (Å²) in [5, 5.41) is 13.9. The Morgan fingerprint density at radius 3 is 2.32 bits per heavy atom. The Kier molecular flexibility index (Phi) is 6.81. The Balaban J connectivity index is 1.49. The van der Waals surface area contributed by atoms with Crippen molar-refractivity contribution in [1.82, 2.24) is 10.2 Å². The second-order valence-electron chi connectivity index (χ2n) is 7.39. The Morgan fingerprint density at radius 1 is 0.971 bits per heavy atom. The van der Waals surface area contributed by atoms with Gasteiger partial charge in [0, 0.05) is 12.1 Å². The molecule has 10 heteroatoms. The molecular weight excluding hydrogens is 481 g/mol. The quantitative estimate of drug-likeness (QED) is 0.199. The lowest BCUT2D eigenvalue weighted by Gasteiger charge is -2.12. The molecule has 0 aromatic heterocycles. The minimum atomic E-state index is -0.519. The Bertz CT molecular complexity index is 1290. The molecule has 3 amide bonds. The molecule has 34 heavy (non-hydrogen) atoms. The van der Waals surface area contributed by atoms with Crippen molar-refractivity contribution in [2.24, 2.45) is 0 Å². The largest absolute Gasteiger partial charge is 0.486 e. The topological polar surface area (TPSA) is 102 Å². The third-order valence-corrected chi connectivity index (χ3v) is 5.54. The fourth-order valence-corrected chi connectivity index (χ4v) is 3.98. The van der Waals surface area contributed by atoms with Gasteiger partial charge < -0.3 is 10.1 Å². The van der Waals surface area contributed by atoms with Crippen molar-refractivity contribution in [1.29, 1.82) is 0 Å². The maximum Gasteiger partial charge on any atom is 0.329 e. The van der Waals surface area contributed by atoms with Crippen molar-refractivity contribution < 1.29 is 19.2 Å². The van der Waals surface area contributed by atoms with Crippen molar-refractivity contribution in [2.75, 3.05) is 0 Å². The number of non-ortho nitro benzene ring substituents is 1. The fourth-order valence-electron chi connectivity index (χ4n) is 3.36. The van der Waals surface area contributed by atoms with E-state index in [4.69, 9.17) is 27.9 Å². The van der Waals surface area contributed by atoms with Crippen LogP contribution in [0.4, 0.5) is 10.5 Å². The first-order chi connectivity index (χ1) is 16.3. The van der Waals surface area contributed by atoms with E-state index in [0.717, 1.165) is 10.5 Å². The number of hydrogen-bond acceptors (Lipinski definition) is 5. The molecule has 1 saturated heterocycles. The molecule has 3 aromatic rings. The fraction of sp³-hybridized carbons (Fsp3) is 0.0833. The molecule has 0 bridgehead atoms. The molecule has 1 fully saturated rings.